The monoisotopic (exact) mass is 242 g/mol. The maximum atomic E-state index is 10.7. The van der Waals surface area contributed by atoms with E-state index in [1.54, 1.807) is 6.92 Å². The van der Waals surface area contributed by atoms with E-state index in [0.29, 0.717) is 0 Å². The Bertz CT molecular complexity index is 136. The second-order valence-corrected chi connectivity index (χ2v) is 3.14. The van der Waals surface area contributed by atoms with Crippen LogP contribution < -0.4 is 0 Å². The summed E-state index contributed by atoms with van der Waals surface area (Å²) in [5.41, 5.74) is 0. The van der Waals surface area contributed by atoms with Gasteiger partial charge in [-0.3, -0.25) is 4.79 Å². The number of carbonyl (C=O) groups excluding carboxylic acids is 1. The molecule has 1 rings (SSSR count). The molecule has 9 heavy (non-hydrogen) atoms. The Morgan fingerprint density at radius 2 is 2.33 bits per heavy atom. The van der Waals surface area contributed by atoms with Crippen molar-refractivity contribution in [2.75, 3.05) is 0 Å². The average Bonchev–Trinajstić information content (AvgIpc) is 1.98. The normalized spacial score (nSPS) is 43.9. The van der Waals surface area contributed by atoms with E-state index in [9.17, 15) is 4.79 Å². The van der Waals surface area contributed by atoms with E-state index < -0.39 is 10.2 Å². The summed E-state index contributed by atoms with van der Waals surface area (Å²) in [6.07, 6.45) is -1.24. The van der Waals surface area contributed by atoms with Gasteiger partial charge in [-0.05, 0) is 29.5 Å². The van der Waals surface area contributed by atoms with Crippen LogP contribution in [0.5, 0.6) is 0 Å². The summed E-state index contributed by atoms with van der Waals surface area (Å²) in [6, 6.07) is 0. The number of aliphatic hydroxyl groups excluding tert-OH is 1. The Kier molecular flexibility index (Phi) is 2.07. The van der Waals surface area contributed by atoms with Gasteiger partial charge in [-0.25, -0.2) is 0 Å². The quantitative estimate of drug-likeness (QED) is 0.484. The number of hydrogen-bond donors (Lipinski definition) is 1. The van der Waals surface area contributed by atoms with Crippen molar-refractivity contribution in [2.24, 2.45) is 0 Å². The number of halogens is 1. The zero-order valence-corrected chi connectivity index (χ0v) is 7.03. The van der Waals surface area contributed by atoms with Crippen LogP contribution in [0.25, 0.3) is 0 Å². The van der Waals surface area contributed by atoms with Gasteiger partial charge >= 0.3 is 0 Å². The molecule has 3 atom stereocenters. The Morgan fingerprint density at radius 1 is 1.78 bits per heavy atom. The molecule has 0 spiro atoms. The van der Waals surface area contributed by atoms with Crippen LogP contribution in [-0.2, 0) is 9.53 Å². The van der Waals surface area contributed by atoms with Gasteiger partial charge in [0.15, 0.2) is 4.11 Å². The molecular weight excluding hydrogens is 235 g/mol. The standard InChI is InChI=1S/C5H7IO3/c1-2-3(7)4(8)5(6)9-2/h2-3,5,7H,1H3/t2-,3?,5-/m0/s1. The molecule has 0 aromatic rings. The Labute approximate surface area is 66.5 Å². The third-order valence-corrected chi connectivity index (χ3v) is 2.20. The van der Waals surface area contributed by atoms with E-state index in [0.717, 1.165) is 0 Å². The van der Waals surface area contributed by atoms with E-state index in [-0.39, 0.29) is 11.9 Å². The third kappa shape index (κ3) is 1.25. The summed E-state index contributed by atoms with van der Waals surface area (Å²) < 4.78 is 4.52. The van der Waals surface area contributed by atoms with Crippen LogP contribution in [0.1, 0.15) is 6.92 Å². The van der Waals surface area contributed by atoms with Crippen molar-refractivity contribution in [3.8, 4) is 0 Å². The second kappa shape index (κ2) is 2.51. The number of carbonyl (C=O) groups is 1. The topological polar surface area (TPSA) is 46.5 Å². The maximum Gasteiger partial charge on any atom is 0.202 e. The van der Waals surface area contributed by atoms with Crippen molar-refractivity contribution >= 4 is 28.4 Å². The van der Waals surface area contributed by atoms with Crippen LogP contribution in [0.15, 0.2) is 0 Å². The molecule has 1 N–H and O–H groups in total. The number of ketones is 1. The molecule has 3 nitrogen and oxygen atoms in total. The van der Waals surface area contributed by atoms with Gasteiger partial charge in [0.1, 0.15) is 6.10 Å². The predicted octanol–water partition coefficient (Wildman–Crippen LogP) is 0.0962. The van der Waals surface area contributed by atoms with Crippen LogP contribution in [-0.4, -0.2) is 27.2 Å². The summed E-state index contributed by atoms with van der Waals surface area (Å²) >= 11 is 1.86. The van der Waals surface area contributed by atoms with Crippen molar-refractivity contribution in [3.63, 3.8) is 0 Å². The Hall–Kier alpha value is 0.320. The largest absolute Gasteiger partial charge is 0.382 e. The highest BCUT2D eigenvalue weighted by molar-refractivity contribution is 14.1. The average molecular weight is 242 g/mol. The van der Waals surface area contributed by atoms with Gasteiger partial charge in [0.2, 0.25) is 5.78 Å². The van der Waals surface area contributed by atoms with E-state index >= 15 is 0 Å². The molecule has 1 aliphatic rings. The fourth-order valence-corrected chi connectivity index (χ4v) is 1.53. The number of ether oxygens (including phenoxy) is 1. The first-order chi connectivity index (χ1) is 4.13. The lowest BCUT2D eigenvalue weighted by atomic mass is 10.2. The third-order valence-electron chi connectivity index (χ3n) is 1.29. The van der Waals surface area contributed by atoms with Gasteiger partial charge in [-0.1, -0.05) is 0 Å². The van der Waals surface area contributed by atoms with Crippen molar-refractivity contribution in [3.05, 3.63) is 0 Å². The molecular formula is C5H7IO3. The minimum Gasteiger partial charge on any atom is -0.382 e. The predicted molar refractivity (Wildman–Crippen MR) is 39.4 cm³/mol. The minimum atomic E-state index is -0.910. The second-order valence-electron chi connectivity index (χ2n) is 2.00. The number of aliphatic hydroxyl groups is 1. The number of rotatable bonds is 0. The van der Waals surface area contributed by atoms with Crippen molar-refractivity contribution in [1.29, 1.82) is 0 Å². The van der Waals surface area contributed by atoms with Gasteiger partial charge < -0.3 is 9.84 Å². The highest BCUT2D eigenvalue weighted by Gasteiger charge is 2.37. The SMILES string of the molecule is C[C@@H]1O[C@H](I)C(=O)C1O. The van der Waals surface area contributed by atoms with Gasteiger partial charge in [0, 0.05) is 0 Å². The molecule has 4 heteroatoms. The van der Waals surface area contributed by atoms with E-state index in [2.05, 4.69) is 0 Å². The van der Waals surface area contributed by atoms with Gasteiger partial charge in [0.05, 0.1) is 6.10 Å². The molecule has 0 saturated carbocycles. The van der Waals surface area contributed by atoms with Crippen LogP contribution in [0, 0.1) is 0 Å². The molecule has 0 aromatic carbocycles. The smallest absolute Gasteiger partial charge is 0.202 e. The molecule has 1 heterocycles. The summed E-state index contributed by atoms with van der Waals surface area (Å²) in [5.74, 6) is -0.219. The first kappa shape index (κ1) is 7.43. The first-order valence-corrected chi connectivity index (χ1v) is 3.89. The maximum absolute atomic E-state index is 10.7. The molecule has 0 aliphatic carbocycles. The zero-order valence-electron chi connectivity index (χ0n) is 4.87. The van der Waals surface area contributed by atoms with Gasteiger partial charge in [0.25, 0.3) is 0 Å². The highest BCUT2D eigenvalue weighted by atomic mass is 127. The lowest BCUT2D eigenvalue weighted by molar-refractivity contribution is -0.124. The fourth-order valence-electron chi connectivity index (χ4n) is 0.696. The van der Waals surface area contributed by atoms with E-state index in [4.69, 9.17) is 9.84 Å². The number of alkyl halides is 1. The summed E-state index contributed by atoms with van der Waals surface area (Å²) in [4.78, 5) is 10.7. The summed E-state index contributed by atoms with van der Waals surface area (Å²) in [5, 5.41) is 8.96. The zero-order chi connectivity index (χ0) is 7.02. The fraction of sp³-hybridized carbons (Fsp3) is 0.800. The summed E-state index contributed by atoms with van der Waals surface area (Å²) in [7, 11) is 0. The molecule has 0 amide bonds. The lowest BCUT2D eigenvalue weighted by Gasteiger charge is -2.02. The van der Waals surface area contributed by atoms with E-state index in [1.807, 2.05) is 22.6 Å². The number of Topliss-reactive ketones (excluding diaryl/α,β-unsaturated/α-hetero) is 1. The van der Waals surface area contributed by atoms with Crippen molar-refractivity contribution in [2.45, 2.75) is 23.2 Å². The Morgan fingerprint density at radius 3 is 2.44 bits per heavy atom. The van der Waals surface area contributed by atoms with E-state index in [1.165, 1.54) is 0 Å². The highest BCUT2D eigenvalue weighted by Crippen LogP contribution is 2.20. The van der Waals surface area contributed by atoms with Crippen molar-refractivity contribution in [1.82, 2.24) is 0 Å². The summed E-state index contributed by atoms with van der Waals surface area (Å²) in [6.45, 7) is 1.68. The van der Waals surface area contributed by atoms with Gasteiger partial charge in [-0.2, -0.15) is 0 Å². The molecule has 1 fully saturated rings. The van der Waals surface area contributed by atoms with Crippen LogP contribution in [0.3, 0.4) is 0 Å². The molecule has 1 saturated heterocycles. The number of hydrogen-bond acceptors (Lipinski definition) is 3. The van der Waals surface area contributed by atoms with Crippen LogP contribution >= 0.6 is 22.6 Å². The lowest BCUT2D eigenvalue weighted by Crippen LogP contribution is -2.24. The van der Waals surface area contributed by atoms with Crippen molar-refractivity contribution < 1.29 is 14.6 Å². The molecule has 1 aliphatic heterocycles. The molecule has 52 valence electrons. The minimum absolute atomic E-state index is 0.219. The molecule has 0 aromatic heterocycles. The van der Waals surface area contributed by atoms with Gasteiger partial charge in [-0.15, -0.1) is 0 Å². The molecule has 0 bridgehead atoms. The van der Waals surface area contributed by atoms with Crippen LogP contribution in [0.2, 0.25) is 0 Å². The molecule has 0 radical (unpaired) electrons. The first-order valence-electron chi connectivity index (χ1n) is 2.64. The Balaban J connectivity index is 2.65. The molecule has 1 unspecified atom stereocenters. The van der Waals surface area contributed by atoms with Crippen LogP contribution in [0.4, 0.5) is 0 Å².